The first-order valence-electron chi connectivity index (χ1n) is 7.05. The fraction of sp³-hybridized carbons (Fsp3) is 0.235. The van der Waals surface area contributed by atoms with E-state index in [1.807, 2.05) is 0 Å². The summed E-state index contributed by atoms with van der Waals surface area (Å²) in [6.07, 6.45) is 1.58. The number of carbonyl (C=O) groups excluding carboxylic acids is 1. The summed E-state index contributed by atoms with van der Waals surface area (Å²) >= 11 is 0. The lowest BCUT2D eigenvalue weighted by molar-refractivity contribution is 0.102. The smallest absolute Gasteiger partial charge is 0.259 e. The average molecular weight is 349 g/mol. The van der Waals surface area contributed by atoms with Crippen LogP contribution in [0.4, 0.5) is 5.69 Å². The van der Waals surface area contributed by atoms with Crippen molar-refractivity contribution in [2.24, 2.45) is 0 Å². The van der Waals surface area contributed by atoms with Gasteiger partial charge >= 0.3 is 0 Å². The molecule has 6 nitrogen and oxygen atoms in total. The summed E-state index contributed by atoms with van der Waals surface area (Å²) in [6, 6.07) is 10.1. The Bertz CT molecular complexity index is 776. The Hall–Kier alpha value is -2.54. The molecule has 2 rings (SSSR count). The molecule has 2 aromatic carbocycles. The lowest BCUT2D eigenvalue weighted by atomic mass is 10.1. The van der Waals surface area contributed by atoms with E-state index in [9.17, 15) is 9.00 Å². The van der Waals surface area contributed by atoms with Crippen molar-refractivity contribution in [3.63, 3.8) is 0 Å². The number of hydrogen-bond acceptors (Lipinski definition) is 5. The molecule has 1 amide bonds. The van der Waals surface area contributed by atoms with Crippen molar-refractivity contribution in [3.05, 3.63) is 42.0 Å². The van der Waals surface area contributed by atoms with Gasteiger partial charge < -0.3 is 19.5 Å². The van der Waals surface area contributed by atoms with E-state index in [4.69, 9.17) is 14.2 Å². The van der Waals surface area contributed by atoms with E-state index in [2.05, 4.69) is 5.32 Å². The van der Waals surface area contributed by atoms with Crippen molar-refractivity contribution in [1.29, 1.82) is 0 Å². The van der Waals surface area contributed by atoms with Gasteiger partial charge in [0.15, 0.2) is 11.5 Å². The molecule has 1 unspecified atom stereocenters. The molecule has 0 saturated carbocycles. The Morgan fingerprint density at radius 3 is 2.29 bits per heavy atom. The van der Waals surface area contributed by atoms with Gasteiger partial charge in [0.25, 0.3) is 5.91 Å². The van der Waals surface area contributed by atoms with E-state index in [1.54, 1.807) is 42.7 Å². The first-order chi connectivity index (χ1) is 11.5. The largest absolute Gasteiger partial charge is 0.493 e. The molecule has 0 fully saturated rings. The van der Waals surface area contributed by atoms with Gasteiger partial charge in [-0.15, -0.1) is 0 Å². The second kappa shape index (κ2) is 7.83. The monoisotopic (exact) mass is 349 g/mol. The number of ether oxygens (including phenoxy) is 3. The molecular formula is C17H19NO5S. The molecule has 2 aromatic rings. The predicted molar refractivity (Wildman–Crippen MR) is 92.8 cm³/mol. The van der Waals surface area contributed by atoms with Crippen LogP contribution in [0.2, 0.25) is 0 Å². The SMILES string of the molecule is COc1ccc(C(=O)Nc2cccc(S(C)=O)c2)c(OC)c1OC. The third-order valence-electron chi connectivity index (χ3n) is 3.37. The summed E-state index contributed by atoms with van der Waals surface area (Å²) in [6.45, 7) is 0. The molecule has 128 valence electrons. The van der Waals surface area contributed by atoms with Gasteiger partial charge in [-0.25, -0.2) is 0 Å². The van der Waals surface area contributed by atoms with Crippen molar-refractivity contribution >= 4 is 22.4 Å². The van der Waals surface area contributed by atoms with Crippen molar-refractivity contribution in [1.82, 2.24) is 0 Å². The van der Waals surface area contributed by atoms with E-state index in [1.165, 1.54) is 21.3 Å². The molecule has 1 atom stereocenters. The first-order valence-corrected chi connectivity index (χ1v) is 8.61. The predicted octanol–water partition coefficient (Wildman–Crippen LogP) is 2.70. The van der Waals surface area contributed by atoms with Gasteiger partial charge in [-0.05, 0) is 30.3 Å². The standard InChI is InChI=1S/C17H19NO5S/c1-21-14-9-8-13(15(22-2)16(14)23-3)17(19)18-11-6-5-7-12(10-11)24(4)20/h5-10H,1-4H3,(H,18,19). The minimum absolute atomic E-state index is 0.282. The number of methoxy groups -OCH3 is 3. The maximum atomic E-state index is 12.6. The van der Waals surface area contributed by atoms with Gasteiger partial charge in [-0.3, -0.25) is 9.00 Å². The van der Waals surface area contributed by atoms with Gasteiger partial charge in [0.1, 0.15) is 0 Å². The molecule has 0 saturated heterocycles. The molecule has 0 aliphatic heterocycles. The maximum absolute atomic E-state index is 12.6. The molecule has 0 aliphatic rings. The van der Waals surface area contributed by atoms with Crippen molar-refractivity contribution in [3.8, 4) is 17.2 Å². The molecule has 24 heavy (non-hydrogen) atoms. The van der Waals surface area contributed by atoms with Crippen LogP contribution in [0.5, 0.6) is 17.2 Å². The molecule has 0 aliphatic carbocycles. The van der Waals surface area contributed by atoms with E-state index in [0.29, 0.717) is 27.6 Å². The Morgan fingerprint density at radius 2 is 1.71 bits per heavy atom. The third-order valence-corrected chi connectivity index (χ3v) is 4.29. The number of benzene rings is 2. The summed E-state index contributed by atoms with van der Waals surface area (Å²) in [7, 11) is 3.31. The minimum Gasteiger partial charge on any atom is -0.493 e. The highest BCUT2D eigenvalue weighted by Gasteiger charge is 2.20. The van der Waals surface area contributed by atoms with Gasteiger partial charge in [-0.2, -0.15) is 0 Å². The third kappa shape index (κ3) is 3.68. The highest BCUT2D eigenvalue weighted by molar-refractivity contribution is 7.84. The Kier molecular flexibility index (Phi) is 5.81. The van der Waals surface area contributed by atoms with Crippen LogP contribution in [0, 0.1) is 0 Å². The Morgan fingerprint density at radius 1 is 1.00 bits per heavy atom. The number of anilines is 1. The van der Waals surface area contributed by atoms with Gasteiger partial charge in [0.2, 0.25) is 5.75 Å². The highest BCUT2D eigenvalue weighted by atomic mass is 32.2. The zero-order chi connectivity index (χ0) is 17.7. The molecule has 0 bridgehead atoms. The summed E-state index contributed by atoms with van der Waals surface area (Å²) in [5.41, 5.74) is 0.850. The van der Waals surface area contributed by atoms with Gasteiger partial charge in [0.05, 0.1) is 26.9 Å². The topological polar surface area (TPSA) is 73.9 Å². The highest BCUT2D eigenvalue weighted by Crippen LogP contribution is 2.39. The van der Waals surface area contributed by atoms with Crippen molar-refractivity contribution < 1.29 is 23.2 Å². The van der Waals surface area contributed by atoms with Crippen LogP contribution in [0.1, 0.15) is 10.4 Å². The minimum atomic E-state index is -1.13. The van der Waals surface area contributed by atoms with Crippen LogP contribution in [0.25, 0.3) is 0 Å². The summed E-state index contributed by atoms with van der Waals surface area (Å²) in [5.74, 6) is 0.724. The second-order valence-corrected chi connectivity index (χ2v) is 6.20. The summed E-state index contributed by atoms with van der Waals surface area (Å²) < 4.78 is 27.4. The first kappa shape index (κ1) is 17.8. The lowest BCUT2D eigenvalue weighted by Gasteiger charge is -2.15. The number of carbonyl (C=O) groups is 1. The number of rotatable bonds is 6. The Labute approximate surface area is 143 Å². The molecule has 0 heterocycles. The van der Waals surface area contributed by atoms with E-state index >= 15 is 0 Å². The lowest BCUT2D eigenvalue weighted by Crippen LogP contribution is -2.14. The molecule has 1 N–H and O–H groups in total. The van der Waals surface area contributed by atoms with Crippen LogP contribution in [-0.4, -0.2) is 37.7 Å². The second-order valence-electron chi connectivity index (χ2n) is 4.82. The zero-order valence-corrected chi connectivity index (χ0v) is 14.7. The molecule has 0 radical (unpaired) electrons. The summed E-state index contributed by atoms with van der Waals surface area (Å²) in [4.78, 5) is 13.2. The zero-order valence-electron chi connectivity index (χ0n) is 13.9. The summed E-state index contributed by atoms with van der Waals surface area (Å²) in [5, 5.41) is 2.77. The van der Waals surface area contributed by atoms with Crippen LogP contribution in [0.3, 0.4) is 0 Å². The molecule has 0 aromatic heterocycles. The van der Waals surface area contributed by atoms with E-state index < -0.39 is 10.8 Å². The molecule has 7 heteroatoms. The van der Waals surface area contributed by atoms with Crippen LogP contribution in [0.15, 0.2) is 41.3 Å². The van der Waals surface area contributed by atoms with E-state index in [-0.39, 0.29) is 11.7 Å². The van der Waals surface area contributed by atoms with Crippen LogP contribution < -0.4 is 19.5 Å². The molecular weight excluding hydrogens is 330 g/mol. The van der Waals surface area contributed by atoms with E-state index in [0.717, 1.165) is 0 Å². The van der Waals surface area contributed by atoms with Crippen LogP contribution in [-0.2, 0) is 10.8 Å². The number of hydrogen-bond donors (Lipinski definition) is 1. The number of amides is 1. The normalized spacial score (nSPS) is 11.5. The maximum Gasteiger partial charge on any atom is 0.259 e. The average Bonchev–Trinajstić information content (AvgIpc) is 2.60. The quantitative estimate of drug-likeness (QED) is 0.868. The molecule has 0 spiro atoms. The van der Waals surface area contributed by atoms with Crippen LogP contribution >= 0.6 is 0 Å². The van der Waals surface area contributed by atoms with Gasteiger partial charge in [0, 0.05) is 27.6 Å². The fourth-order valence-corrected chi connectivity index (χ4v) is 2.79. The number of nitrogens with one attached hydrogen (secondary N) is 1. The van der Waals surface area contributed by atoms with Gasteiger partial charge in [-0.1, -0.05) is 6.07 Å². The van der Waals surface area contributed by atoms with Crippen molar-refractivity contribution in [2.45, 2.75) is 4.90 Å². The Balaban J connectivity index is 2.36. The fourth-order valence-electron chi connectivity index (χ4n) is 2.23. The van der Waals surface area contributed by atoms with Crippen molar-refractivity contribution in [2.75, 3.05) is 32.9 Å².